The van der Waals surface area contributed by atoms with Crippen molar-refractivity contribution in [3.63, 3.8) is 0 Å². The number of piperazine rings is 1. The third kappa shape index (κ3) is 8.33. The largest absolute Gasteiger partial charge is 0.507 e. The summed E-state index contributed by atoms with van der Waals surface area (Å²) in [6, 6.07) is 12.3. The number of rotatable bonds is 13. The summed E-state index contributed by atoms with van der Waals surface area (Å²) in [6.07, 6.45) is 8.30. The topological polar surface area (TPSA) is 181 Å². The zero-order chi connectivity index (χ0) is 40.2. The highest BCUT2D eigenvalue weighted by Crippen LogP contribution is 2.36. The first-order valence-electron chi connectivity index (χ1n) is 20.7. The van der Waals surface area contributed by atoms with Gasteiger partial charge in [0.15, 0.2) is 0 Å². The summed E-state index contributed by atoms with van der Waals surface area (Å²) in [7, 11) is 1.47. The number of phenols is 1. The second-order valence-electron chi connectivity index (χ2n) is 16.4. The molecule has 0 bridgehead atoms. The van der Waals surface area contributed by atoms with E-state index in [1.54, 1.807) is 18.2 Å². The standard InChI is InChI=1S/C43H59N9O5/c1-28-26-48(18-16-34(28)50-21-22-51-30(27-50)25-47-40(45)37(51)24-33(44)31-9-3-4-13-38(31)54)17-6-8-29-14-19-49(20-15-29)35-11-5-10-32-39(35)43(57)52(42(32)56)36(12-7-23-53)41(55)46-2/h3-5,9-11,13,23-24,28-30,34,36,47,54H,6-8,12,14-22,25-27,44-45H2,1-2H3,(H,46,55)/b33-24-. The average Bonchev–Trinajstić information content (AvgIpc) is 3.47. The number of benzene rings is 2. The number of aromatic hydroxyl groups is 1. The number of phenolic OH excluding ortho intramolecular Hbond substituents is 1. The Morgan fingerprint density at radius 2 is 1.81 bits per heavy atom. The zero-order valence-corrected chi connectivity index (χ0v) is 33.4. The van der Waals surface area contributed by atoms with Crippen LogP contribution in [0.5, 0.6) is 5.75 Å². The van der Waals surface area contributed by atoms with Gasteiger partial charge in [-0.3, -0.25) is 24.2 Å². The summed E-state index contributed by atoms with van der Waals surface area (Å²) in [5.41, 5.74) is 16.3. The number of para-hydroxylation sites is 1. The number of carbonyl (C=O) groups is 4. The van der Waals surface area contributed by atoms with Gasteiger partial charge in [0.1, 0.15) is 23.9 Å². The molecule has 5 heterocycles. The average molecular weight is 782 g/mol. The summed E-state index contributed by atoms with van der Waals surface area (Å²) >= 11 is 0. The lowest BCUT2D eigenvalue weighted by Gasteiger charge is -2.51. The van der Waals surface area contributed by atoms with E-state index in [1.165, 1.54) is 13.5 Å². The molecule has 0 spiro atoms. The molecule has 5 aliphatic heterocycles. The van der Waals surface area contributed by atoms with Gasteiger partial charge in [-0.25, -0.2) is 0 Å². The zero-order valence-electron chi connectivity index (χ0n) is 33.4. The Bertz CT molecular complexity index is 1890. The molecule has 0 radical (unpaired) electrons. The molecule has 2 aromatic rings. The fourth-order valence-electron chi connectivity index (χ4n) is 9.88. The molecule has 2 aromatic carbocycles. The van der Waals surface area contributed by atoms with Crippen molar-refractivity contribution in [1.82, 2.24) is 30.2 Å². The lowest BCUT2D eigenvalue weighted by molar-refractivity contribution is -0.124. The Morgan fingerprint density at radius 1 is 1.02 bits per heavy atom. The van der Waals surface area contributed by atoms with Crippen molar-refractivity contribution in [2.24, 2.45) is 23.3 Å². The Morgan fingerprint density at radius 3 is 2.54 bits per heavy atom. The molecule has 4 unspecified atom stereocenters. The van der Waals surface area contributed by atoms with Crippen LogP contribution < -0.4 is 27.0 Å². The number of carbonyl (C=O) groups excluding carboxylic acids is 4. The van der Waals surface area contributed by atoms with Gasteiger partial charge in [0.2, 0.25) is 5.91 Å². The maximum absolute atomic E-state index is 13.7. The molecule has 5 aliphatic rings. The Labute approximate surface area is 335 Å². The Kier molecular flexibility index (Phi) is 12.4. The van der Waals surface area contributed by atoms with Gasteiger partial charge in [0, 0.05) is 76.6 Å². The minimum Gasteiger partial charge on any atom is -0.507 e. The van der Waals surface area contributed by atoms with Gasteiger partial charge in [0.25, 0.3) is 11.8 Å². The van der Waals surface area contributed by atoms with E-state index in [0.717, 1.165) is 101 Å². The normalized spacial score (nSPS) is 24.3. The molecule has 4 atom stereocenters. The first kappa shape index (κ1) is 40.1. The van der Waals surface area contributed by atoms with Crippen LogP contribution in [-0.4, -0.2) is 133 Å². The molecule has 3 fully saturated rings. The molecule has 0 aliphatic carbocycles. The van der Waals surface area contributed by atoms with E-state index in [9.17, 15) is 24.3 Å². The molecule has 3 amide bonds. The van der Waals surface area contributed by atoms with E-state index in [2.05, 4.69) is 37.2 Å². The van der Waals surface area contributed by atoms with Crippen LogP contribution in [0.4, 0.5) is 5.69 Å². The quantitative estimate of drug-likeness (QED) is 0.148. The molecule has 7 N–H and O–H groups in total. The van der Waals surface area contributed by atoms with Crippen LogP contribution in [0.2, 0.25) is 0 Å². The van der Waals surface area contributed by atoms with Crippen molar-refractivity contribution in [1.29, 1.82) is 0 Å². The maximum Gasteiger partial charge on any atom is 0.264 e. The van der Waals surface area contributed by atoms with E-state index >= 15 is 0 Å². The van der Waals surface area contributed by atoms with Gasteiger partial charge in [0.05, 0.1) is 28.6 Å². The van der Waals surface area contributed by atoms with E-state index in [0.29, 0.717) is 52.4 Å². The van der Waals surface area contributed by atoms with Gasteiger partial charge in [-0.2, -0.15) is 0 Å². The summed E-state index contributed by atoms with van der Waals surface area (Å²) < 4.78 is 0. The number of likely N-dealkylation sites (tertiary alicyclic amines) is 1. The number of nitrogens with zero attached hydrogens (tertiary/aromatic N) is 5. The van der Waals surface area contributed by atoms with Crippen molar-refractivity contribution in [2.45, 2.75) is 70.0 Å². The van der Waals surface area contributed by atoms with Crippen molar-refractivity contribution >= 4 is 35.4 Å². The number of likely N-dealkylation sites (N-methyl/N-ethyl adjacent to an activating group) is 1. The summed E-state index contributed by atoms with van der Waals surface area (Å²) in [5.74, 6) is 0.553. The van der Waals surface area contributed by atoms with Crippen molar-refractivity contribution in [3.8, 4) is 5.75 Å². The van der Waals surface area contributed by atoms with Crippen LogP contribution in [0, 0.1) is 11.8 Å². The number of hydrogen-bond donors (Lipinski definition) is 5. The molecule has 0 aromatic heterocycles. The first-order valence-corrected chi connectivity index (χ1v) is 20.7. The summed E-state index contributed by atoms with van der Waals surface area (Å²) in [4.78, 5) is 61.9. The molecule has 306 valence electrons. The minimum atomic E-state index is -1.02. The molecule has 0 saturated carbocycles. The summed E-state index contributed by atoms with van der Waals surface area (Å²) in [5, 5.41) is 16.3. The smallest absolute Gasteiger partial charge is 0.264 e. The van der Waals surface area contributed by atoms with Crippen molar-refractivity contribution in [3.05, 3.63) is 76.7 Å². The minimum absolute atomic E-state index is 0.0782. The monoisotopic (exact) mass is 781 g/mol. The number of nitrogens with two attached hydrogens (primary N) is 2. The van der Waals surface area contributed by atoms with Crippen molar-refractivity contribution in [2.75, 3.05) is 70.9 Å². The number of allylic oxidation sites excluding steroid dienone is 1. The van der Waals surface area contributed by atoms with E-state index < -0.39 is 23.8 Å². The predicted molar refractivity (Wildman–Crippen MR) is 220 cm³/mol. The number of aldehydes is 1. The molecule has 14 nitrogen and oxygen atoms in total. The van der Waals surface area contributed by atoms with E-state index in [4.69, 9.17) is 11.5 Å². The fraction of sp³-hybridized carbons (Fsp3) is 0.535. The van der Waals surface area contributed by atoms with Crippen molar-refractivity contribution < 1.29 is 24.3 Å². The van der Waals surface area contributed by atoms with Gasteiger partial charge in [-0.1, -0.05) is 25.1 Å². The Balaban J connectivity index is 0.867. The van der Waals surface area contributed by atoms with Crippen LogP contribution in [0.3, 0.4) is 0 Å². The highest BCUT2D eigenvalue weighted by atomic mass is 16.3. The van der Waals surface area contributed by atoms with Crippen LogP contribution in [0.1, 0.15) is 78.1 Å². The van der Waals surface area contributed by atoms with E-state index in [-0.39, 0.29) is 24.6 Å². The van der Waals surface area contributed by atoms with Gasteiger partial charge in [-0.15, -0.1) is 0 Å². The third-order valence-corrected chi connectivity index (χ3v) is 12.9. The number of anilines is 1. The van der Waals surface area contributed by atoms with Gasteiger partial charge < -0.3 is 46.7 Å². The third-order valence-electron chi connectivity index (χ3n) is 12.9. The lowest BCUT2D eigenvalue weighted by Crippen LogP contribution is -2.63. The number of imide groups is 1. The number of nitrogens with one attached hydrogen (secondary N) is 2. The predicted octanol–water partition coefficient (Wildman–Crippen LogP) is 2.51. The van der Waals surface area contributed by atoms with Crippen LogP contribution >= 0.6 is 0 Å². The molecular formula is C43H59N9O5. The molecular weight excluding hydrogens is 723 g/mol. The molecule has 7 rings (SSSR count). The maximum atomic E-state index is 13.7. The lowest BCUT2D eigenvalue weighted by atomic mass is 9.89. The highest BCUT2D eigenvalue weighted by molar-refractivity contribution is 6.25. The second-order valence-corrected chi connectivity index (χ2v) is 16.4. The van der Waals surface area contributed by atoms with Gasteiger partial charge in [-0.05, 0) is 93.8 Å². The number of fused-ring (bicyclic) bond motifs is 2. The number of amides is 3. The van der Waals surface area contributed by atoms with Crippen LogP contribution in [0.15, 0.2) is 60.1 Å². The Hall–Kier alpha value is -5.08. The summed E-state index contributed by atoms with van der Waals surface area (Å²) in [6.45, 7) is 10.9. The highest BCUT2D eigenvalue weighted by Gasteiger charge is 2.44. The number of hydrogen-bond acceptors (Lipinski definition) is 12. The second kappa shape index (κ2) is 17.6. The fourth-order valence-corrected chi connectivity index (χ4v) is 9.88. The molecule has 57 heavy (non-hydrogen) atoms. The molecule has 3 saturated heterocycles. The van der Waals surface area contributed by atoms with Crippen LogP contribution in [-0.2, 0) is 9.59 Å². The number of piperidine rings is 2. The van der Waals surface area contributed by atoms with Crippen LogP contribution in [0.25, 0.3) is 5.70 Å². The first-order chi connectivity index (χ1) is 27.6. The van der Waals surface area contributed by atoms with E-state index in [1.807, 2.05) is 30.3 Å². The SMILES string of the molecule is CNC(=O)C(CCC=O)N1C(=O)c2cccc(N3CCC(CCCN4CCC(N5CCN6C(/C=C(\N)c7ccccc7O)=C(N)NCC6C5)C(C)C4)CC3)c2C1=O. The molecule has 14 heteroatoms. The van der Waals surface area contributed by atoms with Gasteiger partial charge >= 0.3 is 0 Å².